The SMILES string of the molecule is CC/C=C(\Nc1ccc2[nH]ncc2c1Cl)OC(=N)c1ccc(OCC(=O)NC(C)C)c(OC)c1. The van der Waals surface area contributed by atoms with Crippen LogP contribution in [0.15, 0.2) is 48.5 Å². The van der Waals surface area contributed by atoms with Gasteiger partial charge < -0.3 is 24.8 Å². The van der Waals surface area contributed by atoms with Crippen molar-refractivity contribution < 1.29 is 19.0 Å². The highest BCUT2D eigenvalue weighted by molar-refractivity contribution is 6.38. The molecule has 0 saturated carbocycles. The van der Waals surface area contributed by atoms with E-state index in [4.69, 9.17) is 31.2 Å². The van der Waals surface area contributed by atoms with Crippen LogP contribution in [0.2, 0.25) is 5.02 Å². The van der Waals surface area contributed by atoms with Crippen molar-refractivity contribution >= 4 is 40.0 Å². The molecule has 1 amide bonds. The molecular weight excluding hydrogens is 458 g/mol. The molecule has 9 nitrogen and oxygen atoms in total. The lowest BCUT2D eigenvalue weighted by molar-refractivity contribution is -0.123. The maximum atomic E-state index is 11.9. The van der Waals surface area contributed by atoms with Gasteiger partial charge in [0.1, 0.15) is 0 Å². The highest BCUT2D eigenvalue weighted by atomic mass is 35.5. The molecule has 10 heteroatoms. The van der Waals surface area contributed by atoms with Gasteiger partial charge in [-0.2, -0.15) is 5.10 Å². The van der Waals surface area contributed by atoms with Gasteiger partial charge in [0.15, 0.2) is 24.0 Å². The lowest BCUT2D eigenvalue weighted by atomic mass is 10.2. The molecule has 1 aromatic heterocycles. The fraction of sp³-hybridized carbons (Fsp3) is 0.292. The largest absolute Gasteiger partial charge is 0.493 e. The van der Waals surface area contributed by atoms with E-state index in [0.29, 0.717) is 40.1 Å². The number of hydrogen-bond acceptors (Lipinski definition) is 7. The molecule has 0 unspecified atom stereocenters. The number of rotatable bonds is 10. The highest BCUT2D eigenvalue weighted by Crippen LogP contribution is 2.32. The van der Waals surface area contributed by atoms with E-state index in [2.05, 4.69) is 20.8 Å². The maximum absolute atomic E-state index is 11.9. The summed E-state index contributed by atoms with van der Waals surface area (Å²) >= 11 is 6.50. The monoisotopic (exact) mass is 485 g/mol. The van der Waals surface area contributed by atoms with Gasteiger partial charge >= 0.3 is 0 Å². The number of amides is 1. The lowest BCUT2D eigenvalue weighted by Crippen LogP contribution is -2.34. The number of methoxy groups -OCH3 is 1. The van der Waals surface area contributed by atoms with Gasteiger partial charge in [-0.25, -0.2) is 0 Å². The minimum Gasteiger partial charge on any atom is -0.493 e. The fourth-order valence-electron chi connectivity index (χ4n) is 3.12. The smallest absolute Gasteiger partial charge is 0.258 e. The first kappa shape index (κ1) is 24.9. The summed E-state index contributed by atoms with van der Waals surface area (Å²) in [7, 11) is 1.49. The normalized spacial score (nSPS) is 11.4. The van der Waals surface area contributed by atoms with E-state index >= 15 is 0 Å². The van der Waals surface area contributed by atoms with E-state index in [0.717, 1.165) is 10.9 Å². The summed E-state index contributed by atoms with van der Waals surface area (Å²) in [6, 6.07) is 8.60. The number of nitrogens with zero attached hydrogens (tertiary/aromatic N) is 1. The second-order valence-corrected chi connectivity index (χ2v) is 8.05. The van der Waals surface area contributed by atoms with Crippen LogP contribution in [-0.4, -0.2) is 41.8 Å². The number of benzene rings is 2. The molecule has 0 bridgehead atoms. The topological polar surface area (TPSA) is 121 Å². The predicted molar refractivity (Wildman–Crippen MR) is 133 cm³/mol. The molecule has 2 aromatic carbocycles. The molecule has 34 heavy (non-hydrogen) atoms. The number of carbonyl (C=O) groups is 1. The molecule has 0 spiro atoms. The van der Waals surface area contributed by atoms with E-state index in [-0.39, 0.29) is 24.5 Å². The van der Waals surface area contributed by atoms with Crippen molar-refractivity contribution in [3.63, 3.8) is 0 Å². The van der Waals surface area contributed by atoms with Crippen LogP contribution in [0, 0.1) is 5.41 Å². The van der Waals surface area contributed by atoms with Crippen LogP contribution in [0.3, 0.4) is 0 Å². The van der Waals surface area contributed by atoms with Crippen molar-refractivity contribution in [1.29, 1.82) is 5.41 Å². The number of anilines is 1. The van der Waals surface area contributed by atoms with E-state index in [1.165, 1.54) is 7.11 Å². The van der Waals surface area contributed by atoms with Gasteiger partial charge in [0, 0.05) is 17.0 Å². The number of carbonyl (C=O) groups excluding carboxylic acids is 1. The standard InChI is InChI=1S/C24H28ClN5O4/c1-5-6-22(29-18-9-8-17-16(23(18)25)12-27-30-17)34-24(26)15-7-10-19(20(11-15)32-4)33-13-21(31)28-14(2)3/h6-12,14,26,29H,5,13H2,1-4H3,(H,27,30)(H,28,31)/b22-6+,26-24?. The second kappa shape index (κ2) is 11.4. The third-order valence-electron chi connectivity index (χ3n) is 4.65. The van der Waals surface area contributed by atoms with Crippen LogP contribution in [0.5, 0.6) is 11.5 Å². The Morgan fingerprint density at radius 1 is 1.26 bits per heavy atom. The summed E-state index contributed by atoms with van der Waals surface area (Å²) in [4.78, 5) is 11.9. The summed E-state index contributed by atoms with van der Waals surface area (Å²) in [5, 5.41) is 22.5. The van der Waals surface area contributed by atoms with Crippen molar-refractivity contribution in [2.24, 2.45) is 0 Å². The molecule has 3 aromatic rings. The Morgan fingerprint density at radius 2 is 2.06 bits per heavy atom. The summed E-state index contributed by atoms with van der Waals surface area (Å²) in [6.45, 7) is 5.56. The van der Waals surface area contributed by atoms with Crippen molar-refractivity contribution in [3.05, 3.63) is 59.1 Å². The van der Waals surface area contributed by atoms with Crippen LogP contribution in [0.4, 0.5) is 5.69 Å². The zero-order valence-corrected chi connectivity index (χ0v) is 20.2. The summed E-state index contributed by atoms with van der Waals surface area (Å²) < 4.78 is 16.8. The molecule has 0 radical (unpaired) electrons. The Balaban J connectivity index is 1.72. The highest BCUT2D eigenvalue weighted by Gasteiger charge is 2.15. The van der Waals surface area contributed by atoms with Gasteiger partial charge in [0.2, 0.25) is 5.90 Å². The first-order valence-corrected chi connectivity index (χ1v) is 11.2. The number of ether oxygens (including phenoxy) is 3. The molecule has 0 aliphatic heterocycles. The Bertz CT molecular complexity index is 1210. The first-order chi connectivity index (χ1) is 16.3. The van der Waals surface area contributed by atoms with Gasteiger partial charge in [-0.3, -0.25) is 15.3 Å². The maximum Gasteiger partial charge on any atom is 0.258 e. The Kier molecular flexibility index (Phi) is 8.37. The average Bonchev–Trinajstić information content (AvgIpc) is 3.28. The number of aromatic amines is 1. The molecule has 180 valence electrons. The summed E-state index contributed by atoms with van der Waals surface area (Å²) in [5.74, 6) is 0.799. The number of fused-ring (bicyclic) bond motifs is 1. The zero-order chi connectivity index (χ0) is 24.7. The van der Waals surface area contributed by atoms with E-state index in [9.17, 15) is 4.79 Å². The van der Waals surface area contributed by atoms with Crippen molar-refractivity contribution in [1.82, 2.24) is 15.5 Å². The number of allylic oxidation sites excluding steroid dienone is 1. The Labute approximate surface area is 202 Å². The van der Waals surface area contributed by atoms with Gasteiger partial charge in [-0.05, 0) is 56.7 Å². The van der Waals surface area contributed by atoms with E-state index in [1.807, 2.05) is 39.0 Å². The third-order valence-corrected chi connectivity index (χ3v) is 5.06. The minimum absolute atomic E-state index is 0.0217. The number of aromatic nitrogens is 2. The second-order valence-electron chi connectivity index (χ2n) is 7.67. The Morgan fingerprint density at radius 3 is 2.76 bits per heavy atom. The van der Waals surface area contributed by atoms with Crippen molar-refractivity contribution in [2.75, 3.05) is 19.0 Å². The fourth-order valence-corrected chi connectivity index (χ4v) is 3.38. The quantitative estimate of drug-likeness (QED) is 0.185. The van der Waals surface area contributed by atoms with Crippen molar-refractivity contribution in [2.45, 2.75) is 33.2 Å². The van der Waals surface area contributed by atoms with E-state index < -0.39 is 0 Å². The van der Waals surface area contributed by atoms with Gasteiger partial charge in [-0.15, -0.1) is 0 Å². The Hall–Kier alpha value is -3.72. The summed E-state index contributed by atoms with van der Waals surface area (Å²) in [6.07, 6.45) is 4.14. The molecule has 3 rings (SSSR count). The van der Waals surface area contributed by atoms with Crippen LogP contribution in [-0.2, 0) is 9.53 Å². The molecule has 0 fully saturated rings. The molecule has 0 atom stereocenters. The molecular formula is C24H28ClN5O4. The molecule has 1 heterocycles. The van der Waals surface area contributed by atoms with Crippen molar-refractivity contribution in [3.8, 4) is 11.5 Å². The first-order valence-electron chi connectivity index (χ1n) is 10.8. The summed E-state index contributed by atoms with van der Waals surface area (Å²) in [5.41, 5.74) is 1.92. The minimum atomic E-state index is -0.232. The molecule has 4 N–H and O–H groups in total. The van der Waals surface area contributed by atoms with Crippen LogP contribution in [0.25, 0.3) is 10.9 Å². The van der Waals surface area contributed by atoms with Gasteiger partial charge in [-0.1, -0.05) is 18.5 Å². The van der Waals surface area contributed by atoms with Crippen LogP contribution >= 0.6 is 11.6 Å². The molecule has 0 aliphatic carbocycles. The number of halogens is 1. The molecule has 0 saturated heterocycles. The van der Waals surface area contributed by atoms with Crippen LogP contribution in [0.1, 0.15) is 32.8 Å². The predicted octanol–water partition coefficient (Wildman–Crippen LogP) is 4.83. The number of H-pyrrole nitrogens is 1. The van der Waals surface area contributed by atoms with Crippen LogP contribution < -0.4 is 20.1 Å². The van der Waals surface area contributed by atoms with E-state index in [1.54, 1.807) is 24.4 Å². The average molecular weight is 486 g/mol. The van der Waals surface area contributed by atoms with Gasteiger partial charge in [0.25, 0.3) is 5.91 Å². The third kappa shape index (κ3) is 6.20. The zero-order valence-electron chi connectivity index (χ0n) is 19.5. The molecule has 0 aliphatic rings. The van der Waals surface area contributed by atoms with Gasteiger partial charge in [0.05, 0.1) is 29.5 Å². The lowest BCUT2D eigenvalue weighted by Gasteiger charge is -2.16. The number of hydrogen-bond donors (Lipinski definition) is 4. The number of nitrogens with one attached hydrogen (secondary N) is 4.